The molecule has 2 aromatic rings. The fourth-order valence-electron chi connectivity index (χ4n) is 2.31. The van der Waals surface area contributed by atoms with Crippen LogP contribution in [0, 0.1) is 0 Å². The Kier molecular flexibility index (Phi) is 3.92. The first kappa shape index (κ1) is 13.7. The first-order chi connectivity index (χ1) is 10.2. The van der Waals surface area contributed by atoms with Crippen molar-refractivity contribution in [2.24, 2.45) is 0 Å². The Morgan fingerprint density at radius 3 is 2.67 bits per heavy atom. The number of nitrogen functional groups attached to an aromatic ring is 1. The van der Waals surface area contributed by atoms with Crippen molar-refractivity contribution in [3.63, 3.8) is 0 Å². The highest BCUT2D eigenvalue weighted by Gasteiger charge is 2.30. The molecule has 1 heterocycles. The summed E-state index contributed by atoms with van der Waals surface area (Å²) < 4.78 is 5.37. The van der Waals surface area contributed by atoms with Crippen molar-refractivity contribution < 1.29 is 9.21 Å². The molecule has 1 aromatic carbocycles. The Bertz CT molecular complexity index is 588. The number of anilines is 2. The Morgan fingerprint density at radius 1 is 1.29 bits per heavy atom. The van der Waals surface area contributed by atoms with Crippen molar-refractivity contribution in [1.82, 2.24) is 4.90 Å². The third-order valence-electron chi connectivity index (χ3n) is 3.54. The molecule has 1 fully saturated rings. The molecule has 1 aromatic heterocycles. The number of carbonyl (C=O) groups is 1. The molecule has 21 heavy (non-hydrogen) atoms. The second-order valence-corrected chi connectivity index (χ2v) is 5.39. The van der Waals surface area contributed by atoms with Crippen LogP contribution in [-0.2, 0) is 11.3 Å². The van der Waals surface area contributed by atoms with E-state index in [1.165, 1.54) is 0 Å². The van der Waals surface area contributed by atoms with E-state index in [1.54, 1.807) is 30.5 Å². The molecule has 0 atom stereocenters. The summed E-state index contributed by atoms with van der Waals surface area (Å²) in [6.45, 7) is 1.04. The van der Waals surface area contributed by atoms with Crippen LogP contribution in [0.25, 0.3) is 0 Å². The van der Waals surface area contributed by atoms with Crippen LogP contribution in [-0.4, -0.2) is 23.4 Å². The first-order valence-corrected chi connectivity index (χ1v) is 7.12. The predicted octanol–water partition coefficient (Wildman–Crippen LogP) is 2.46. The van der Waals surface area contributed by atoms with E-state index < -0.39 is 0 Å². The number of furan rings is 1. The van der Waals surface area contributed by atoms with Gasteiger partial charge in [-0.3, -0.25) is 9.69 Å². The number of hydrogen-bond acceptors (Lipinski definition) is 4. The SMILES string of the molecule is Nc1ccc(NC(=O)CN(Cc2ccco2)C2CC2)cc1. The summed E-state index contributed by atoms with van der Waals surface area (Å²) in [5.41, 5.74) is 7.08. The van der Waals surface area contributed by atoms with Crippen LogP contribution in [0.5, 0.6) is 0 Å². The smallest absolute Gasteiger partial charge is 0.238 e. The minimum atomic E-state index is -0.0155. The van der Waals surface area contributed by atoms with Gasteiger partial charge < -0.3 is 15.5 Å². The van der Waals surface area contributed by atoms with Crippen molar-refractivity contribution in [1.29, 1.82) is 0 Å². The number of nitrogens with zero attached hydrogens (tertiary/aromatic N) is 1. The maximum absolute atomic E-state index is 12.2. The van der Waals surface area contributed by atoms with Crippen LogP contribution >= 0.6 is 0 Å². The number of rotatable bonds is 6. The Balaban J connectivity index is 1.57. The maximum atomic E-state index is 12.2. The minimum Gasteiger partial charge on any atom is -0.468 e. The minimum absolute atomic E-state index is 0.0155. The zero-order chi connectivity index (χ0) is 14.7. The second-order valence-electron chi connectivity index (χ2n) is 5.39. The van der Waals surface area contributed by atoms with Gasteiger partial charge in [-0.15, -0.1) is 0 Å². The van der Waals surface area contributed by atoms with Crippen molar-refractivity contribution in [2.75, 3.05) is 17.6 Å². The Morgan fingerprint density at radius 2 is 2.05 bits per heavy atom. The highest BCUT2D eigenvalue weighted by molar-refractivity contribution is 5.92. The van der Waals surface area contributed by atoms with Crippen LogP contribution in [0.3, 0.4) is 0 Å². The summed E-state index contributed by atoms with van der Waals surface area (Å²) >= 11 is 0. The molecule has 3 rings (SSSR count). The standard InChI is InChI=1S/C16H19N3O2/c17-12-3-5-13(6-4-12)18-16(20)11-19(14-7-8-14)10-15-2-1-9-21-15/h1-6,9,14H,7-8,10-11,17H2,(H,18,20). The van der Waals surface area contributed by atoms with Crippen LogP contribution in [0.15, 0.2) is 47.1 Å². The van der Waals surface area contributed by atoms with Crippen LogP contribution in [0.4, 0.5) is 11.4 Å². The average molecular weight is 285 g/mol. The molecule has 0 saturated heterocycles. The van der Waals surface area contributed by atoms with Gasteiger partial charge in [0.2, 0.25) is 5.91 Å². The van der Waals surface area contributed by atoms with E-state index in [0.717, 1.165) is 24.3 Å². The number of benzene rings is 1. The van der Waals surface area contributed by atoms with Crippen LogP contribution in [0.2, 0.25) is 0 Å². The van der Waals surface area contributed by atoms with E-state index in [1.807, 2.05) is 12.1 Å². The van der Waals surface area contributed by atoms with E-state index in [9.17, 15) is 4.79 Å². The van der Waals surface area contributed by atoms with Crippen LogP contribution < -0.4 is 11.1 Å². The van der Waals surface area contributed by atoms with E-state index in [4.69, 9.17) is 10.2 Å². The monoisotopic (exact) mass is 285 g/mol. The zero-order valence-corrected chi connectivity index (χ0v) is 11.8. The molecule has 5 nitrogen and oxygen atoms in total. The molecule has 1 aliphatic carbocycles. The quantitative estimate of drug-likeness (QED) is 0.800. The summed E-state index contributed by atoms with van der Waals surface area (Å²) in [4.78, 5) is 14.3. The highest BCUT2D eigenvalue weighted by Crippen LogP contribution is 2.28. The predicted molar refractivity (Wildman–Crippen MR) is 81.6 cm³/mol. The molecule has 0 aliphatic heterocycles. The van der Waals surface area contributed by atoms with E-state index in [0.29, 0.717) is 24.8 Å². The summed E-state index contributed by atoms with van der Waals surface area (Å²) in [7, 11) is 0. The van der Waals surface area contributed by atoms with Gasteiger partial charge in [0.15, 0.2) is 0 Å². The third kappa shape index (κ3) is 3.86. The lowest BCUT2D eigenvalue weighted by Crippen LogP contribution is -2.34. The lowest BCUT2D eigenvalue weighted by molar-refractivity contribution is -0.117. The second kappa shape index (κ2) is 6.01. The van der Waals surface area contributed by atoms with Crippen molar-refractivity contribution in [3.05, 3.63) is 48.4 Å². The van der Waals surface area contributed by atoms with Gasteiger partial charge in [0, 0.05) is 17.4 Å². The van der Waals surface area contributed by atoms with Crippen LogP contribution in [0.1, 0.15) is 18.6 Å². The molecular weight excluding hydrogens is 266 g/mol. The molecule has 0 radical (unpaired) electrons. The number of hydrogen-bond donors (Lipinski definition) is 2. The number of nitrogens with one attached hydrogen (secondary N) is 1. The molecule has 5 heteroatoms. The largest absolute Gasteiger partial charge is 0.468 e. The number of carbonyl (C=O) groups excluding carboxylic acids is 1. The highest BCUT2D eigenvalue weighted by atomic mass is 16.3. The fraction of sp³-hybridized carbons (Fsp3) is 0.312. The third-order valence-corrected chi connectivity index (χ3v) is 3.54. The molecule has 1 amide bonds. The lowest BCUT2D eigenvalue weighted by atomic mass is 10.3. The van der Waals surface area contributed by atoms with Crippen molar-refractivity contribution >= 4 is 17.3 Å². The van der Waals surface area contributed by atoms with Crippen molar-refractivity contribution in [2.45, 2.75) is 25.4 Å². The topological polar surface area (TPSA) is 71.5 Å². The van der Waals surface area contributed by atoms with Gasteiger partial charge in [0.1, 0.15) is 5.76 Å². The van der Waals surface area contributed by atoms with Gasteiger partial charge in [0.25, 0.3) is 0 Å². The molecule has 0 unspecified atom stereocenters. The van der Waals surface area contributed by atoms with Gasteiger partial charge in [-0.05, 0) is 49.2 Å². The summed E-state index contributed by atoms with van der Waals surface area (Å²) in [6, 6.07) is 11.5. The normalized spacial score (nSPS) is 14.3. The molecular formula is C16H19N3O2. The summed E-state index contributed by atoms with van der Waals surface area (Å²) in [5, 5.41) is 2.90. The van der Waals surface area contributed by atoms with E-state index >= 15 is 0 Å². The molecule has 1 saturated carbocycles. The molecule has 0 spiro atoms. The Labute approximate surface area is 123 Å². The van der Waals surface area contributed by atoms with Gasteiger partial charge in [-0.1, -0.05) is 0 Å². The lowest BCUT2D eigenvalue weighted by Gasteiger charge is -2.20. The zero-order valence-electron chi connectivity index (χ0n) is 11.8. The molecule has 110 valence electrons. The summed E-state index contributed by atoms with van der Waals surface area (Å²) in [5.74, 6) is 0.875. The molecule has 3 N–H and O–H groups in total. The number of amides is 1. The number of nitrogens with two attached hydrogens (primary N) is 1. The van der Waals surface area contributed by atoms with Crippen molar-refractivity contribution in [3.8, 4) is 0 Å². The van der Waals surface area contributed by atoms with E-state index in [-0.39, 0.29) is 5.91 Å². The van der Waals surface area contributed by atoms with Gasteiger partial charge in [0.05, 0.1) is 19.4 Å². The Hall–Kier alpha value is -2.27. The molecule has 0 bridgehead atoms. The van der Waals surface area contributed by atoms with Gasteiger partial charge >= 0.3 is 0 Å². The van der Waals surface area contributed by atoms with Gasteiger partial charge in [-0.25, -0.2) is 0 Å². The fourth-order valence-corrected chi connectivity index (χ4v) is 2.31. The van der Waals surface area contributed by atoms with Gasteiger partial charge in [-0.2, -0.15) is 0 Å². The molecule has 1 aliphatic rings. The maximum Gasteiger partial charge on any atom is 0.238 e. The first-order valence-electron chi connectivity index (χ1n) is 7.12. The summed E-state index contributed by atoms with van der Waals surface area (Å²) in [6.07, 6.45) is 3.96. The van der Waals surface area contributed by atoms with E-state index in [2.05, 4.69) is 10.2 Å². The average Bonchev–Trinajstić information content (AvgIpc) is 3.19.